The van der Waals surface area contributed by atoms with Gasteiger partial charge in [-0.05, 0) is 65.6 Å². The van der Waals surface area contributed by atoms with Crippen LogP contribution in [0, 0.1) is 16.0 Å². The van der Waals surface area contributed by atoms with Crippen molar-refractivity contribution in [3.05, 3.63) is 75.4 Å². The number of rotatable bonds is 9. The lowest BCUT2D eigenvalue weighted by molar-refractivity contribution is -0.389. The van der Waals surface area contributed by atoms with E-state index in [0.29, 0.717) is 32.1 Å². The summed E-state index contributed by atoms with van der Waals surface area (Å²) < 4.78 is 19.3. The lowest BCUT2D eigenvalue weighted by atomic mass is 9.97. The molecule has 2 aliphatic rings. The number of anilines is 1. The van der Waals surface area contributed by atoms with Crippen LogP contribution in [0.2, 0.25) is 5.02 Å². The molecule has 3 heterocycles. The van der Waals surface area contributed by atoms with Gasteiger partial charge in [-0.3, -0.25) is 4.57 Å². The lowest BCUT2D eigenvalue weighted by Gasteiger charge is -2.33. The largest absolute Gasteiger partial charge is 0.490 e. The van der Waals surface area contributed by atoms with Crippen LogP contribution in [-0.2, 0) is 17.9 Å². The van der Waals surface area contributed by atoms with Crippen LogP contribution in [0.4, 0.5) is 11.5 Å². The highest BCUT2D eigenvalue weighted by Crippen LogP contribution is 2.27. The molecule has 1 atom stereocenters. The van der Waals surface area contributed by atoms with Crippen molar-refractivity contribution in [3.63, 3.8) is 0 Å². The predicted octanol–water partition coefficient (Wildman–Crippen LogP) is 5.11. The normalized spacial score (nSPS) is 17.9. The second kappa shape index (κ2) is 11.2. The number of aryl methyl sites for hydroxylation is 1. The zero-order valence-electron chi connectivity index (χ0n) is 19.9. The molecule has 190 valence electrons. The molecule has 0 saturated carbocycles. The maximum Gasteiger partial charge on any atom is 0.414 e. The van der Waals surface area contributed by atoms with E-state index in [0.717, 1.165) is 48.9 Å². The van der Waals surface area contributed by atoms with E-state index in [2.05, 4.69) is 22.0 Å². The fourth-order valence-corrected chi connectivity index (χ4v) is 4.69. The number of piperidine rings is 1. The van der Waals surface area contributed by atoms with Crippen LogP contribution in [0.3, 0.4) is 0 Å². The molecule has 9 nitrogen and oxygen atoms in total. The highest BCUT2D eigenvalue weighted by molar-refractivity contribution is 6.30. The van der Waals surface area contributed by atoms with Crippen LogP contribution in [0.25, 0.3) is 0 Å². The average Bonchev–Trinajstić information content (AvgIpc) is 3.33. The third kappa shape index (κ3) is 6.09. The summed E-state index contributed by atoms with van der Waals surface area (Å²) in [5.74, 6) is 1.15. The van der Waals surface area contributed by atoms with Gasteiger partial charge in [-0.2, -0.15) is 0 Å². The second-order valence-corrected chi connectivity index (χ2v) is 9.67. The molecule has 1 unspecified atom stereocenters. The molecular formula is C26H29ClN4O5. The Balaban J connectivity index is 1.03. The molecule has 0 aliphatic carbocycles. The molecule has 5 rings (SSSR count). The van der Waals surface area contributed by atoms with Crippen LogP contribution in [-0.4, -0.2) is 46.9 Å². The Labute approximate surface area is 214 Å². The van der Waals surface area contributed by atoms with E-state index in [4.69, 9.17) is 25.8 Å². The molecule has 0 N–H and O–H groups in total. The zero-order chi connectivity index (χ0) is 24.9. The standard InChI is InChI=1S/C26H29ClN4O5/c27-21-3-1-19(2-4-21)16-34-17-20-9-12-29(13-10-20)22-5-7-23(8-6-22)35-18-24-11-14-30-15-25(31(32)33)28-26(30)36-24/h1-8,15,20,24H,9-14,16-18H2. The van der Waals surface area contributed by atoms with Gasteiger partial charge >= 0.3 is 11.8 Å². The lowest BCUT2D eigenvalue weighted by Crippen LogP contribution is -2.35. The summed E-state index contributed by atoms with van der Waals surface area (Å²) in [6.45, 7) is 4.38. The molecule has 10 heteroatoms. The maximum atomic E-state index is 10.9. The number of nitro groups is 1. The summed E-state index contributed by atoms with van der Waals surface area (Å²) >= 11 is 5.93. The van der Waals surface area contributed by atoms with Gasteiger partial charge in [-0.1, -0.05) is 23.7 Å². The van der Waals surface area contributed by atoms with Crippen molar-refractivity contribution in [2.24, 2.45) is 5.92 Å². The van der Waals surface area contributed by atoms with Gasteiger partial charge in [-0.25, -0.2) is 0 Å². The van der Waals surface area contributed by atoms with Crippen molar-refractivity contribution in [3.8, 4) is 11.8 Å². The number of imidazole rings is 1. The predicted molar refractivity (Wildman–Crippen MR) is 136 cm³/mol. The first kappa shape index (κ1) is 24.4. The van der Waals surface area contributed by atoms with Gasteiger partial charge in [0.1, 0.15) is 24.7 Å². The topological polar surface area (TPSA) is 91.9 Å². The Hall–Kier alpha value is -3.30. The number of ether oxygens (including phenoxy) is 3. The van der Waals surface area contributed by atoms with Crippen molar-refractivity contribution in [2.75, 3.05) is 31.2 Å². The Bertz CT molecular complexity index is 1160. The van der Waals surface area contributed by atoms with Crippen molar-refractivity contribution in [1.82, 2.24) is 9.55 Å². The zero-order valence-corrected chi connectivity index (χ0v) is 20.7. The first-order chi connectivity index (χ1) is 17.5. The molecule has 0 bridgehead atoms. The molecule has 36 heavy (non-hydrogen) atoms. The monoisotopic (exact) mass is 512 g/mol. The molecule has 1 fully saturated rings. The van der Waals surface area contributed by atoms with E-state index in [1.165, 1.54) is 11.9 Å². The van der Waals surface area contributed by atoms with Gasteiger partial charge in [0.2, 0.25) is 0 Å². The number of halogens is 1. The minimum atomic E-state index is -0.513. The SMILES string of the molecule is O=[N+]([O-])c1cn2c(n1)OC(COc1ccc(N3CCC(COCc4ccc(Cl)cc4)CC3)cc1)CC2. The van der Waals surface area contributed by atoms with Crippen LogP contribution >= 0.6 is 11.6 Å². The number of benzene rings is 2. The summed E-state index contributed by atoms with van der Waals surface area (Å²) in [5, 5.41) is 11.6. The molecule has 1 aromatic heterocycles. The quantitative estimate of drug-likeness (QED) is 0.290. The van der Waals surface area contributed by atoms with Gasteiger partial charge in [0.05, 0.1) is 6.61 Å². The third-order valence-electron chi connectivity index (χ3n) is 6.67. The molecule has 0 amide bonds. The molecule has 2 aromatic carbocycles. The molecule has 0 radical (unpaired) electrons. The highest BCUT2D eigenvalue weighted by atomic mass is 35.5. The number of hydrogen-bond acceptors (Lipinski definition) is 7. The number of aromatic nitrogens is 2. The molecule has 3 aromatic rings. The number of fused-ring (bicyclic) bond motifs is 1. The minimum absolute atomic E-state index is 0.194. The Kier molecular flexibility index (Phi) is 7.58. The first-order valence-corrected chi connectivity index (χ1v) is 12.6. The minimum Gasteiger partial charge on any atom is -0.490 e. The summed E-state index contributed by atoms with van der Waals surface area (Å²) in [5.41, 5.74) is 2.33. The fraction of sp³-hybridized carbons (Fsp3) is 0.423. The van der Waals surface area contributed by atoms with Gasteiger partial charge in [-0.15, -0.1) is 0 Å². The molecule has 2 aliphatic heterocycles. The van der Waals surface area contributed by atoms with Crippen LogP contribution in [0.5, 0.6) is 11.8 Å². The third-order valence-corrected chi connectivity index (χ3v) is 6.92. The van der Waals surface area contributed by atoms with E-state index in [-0.39, 0.29) is 17.9 Å². The Morgan fingerprint density at radius 3 is 2.50 bits per heavy atom. The highest BCUT2D eigenvalue weighted by Gasteiger charge is 2.28. The molecule has 1 saturated heterocycles. The summed E-state index contributed by atoms with van der Waals surface area (Å²) in [6.07, 6.45) is 4.12. The maximum absolute atomic E-state index is 10.9. The first-order valence-electron chi connectivity index (χ1n) is 12.2. The summed E-state index contributed by atoms with van der Waals surface area (Å²) in [6, 6.07) is 16.2. The van der Waals surface area contributed by atoms with Gasteiger partial charge < -0.3 is 29.2 Å². The van der Waals surface area contributed by atoms with Crippen molar-refractivity contribution in [2.45, 2.75) is 38.5 Å². The van der Waals surface area contributed by atoms with Gasteiger partial charge in [0.15, 0.2) is 0 Å². The number of hydrogen-bond donors (Lipinski definition) is 0. The van der Waals surface area contributed by atoms with Gasteiger partial charge in [0, 0.05) is 48.4 Å². The smallest absolute Gasteiger partial charge is 0.414 e. The summed E-state index contributed by atoms with van der Waals surface area (Å²) in [4.78, 5) is 16.7. The molecule has 0 spiro atoms. The Morgan fingerprint density at radius 1 is 1.03 bits per heavy atom. The van der Waals surface area contributed by atoms with E-state index >= 15 is 0 Å². The Morgan fingerprint density at radius 2 is 1.78 bits per heavy atom. The van der Waals surface area contributed by atoms with Gasteiger partial charge in [0.25, 0.3) is 0 Å². The number of nitrogens with zero attached hydrogens (tertiary/aromatic N) is 4. The van der Waals surface area contributed by atoms with Crippen molar-refractivity contribution < 1.29 is 19.1 Å². The van der Waals surface area contributed by atoms with Crippen LogP contribution < -0.4 is 14.4 Å². The molecular weight excluding hydrogens is 484 g/mol. The summed E-state index contributed by atoms with van der Waals surface area (Å²) in [7, 11) is 0. The van der Waals surface area contributed by atoms with E-state index in [9.17, 15) is 10.1 Å². The fourth-order valence-electron chi connectivity index (χ4n) is 4.56. The van der Waals surface area contributed by atoms with Crippen LogP contribution in [0.1, 0.15) is 24.8 Å². The van der Waals surface area contributed by atoms with E-state index in [1.807, 2.05) is 36.4 Å². The van der Waals surface area contributed by atoms with Crippen molar-refractivity contribution >= 4 is 23.1 Å². The average molecular weight is 513 g/mol. The van der Waals surface area contributed by atoms with E-state index < -0.39 is 4.92 Å². The van der Waals surface area contributed by atoms with Crippen LogP contribution in [0.15, 0.2) is 54.7 Å². The van der Waals surface area contributed by atoms with E-state index in [1.54, 1.807) is 4.57 Å². The van der Waals surface area contributed by atoms with Crippen molar-refractivity contribution in [1.29, 1.82) is 0 Å². The second-order valence-electron chi connectivity index (χ2n) is 9.24.